The van der Waals surface area contributed by atoms with Gasteiger partial charge in [-0.2, -0.15) is 0 Å². The molecular weight excluding hydrogens is 384 g/mol. The summed E-state index contributed by atoms with van der Waals surface area (Å²) in [7, 11) is 0. The van der Waals surface area contributed by atoms with Crippen molar-refractivity contribution in [3.8, 4) is 16.9 Å². The molecule has 31 heavy (non-hydrogen) atoms. The van der Waals surface area contributed by atoms with Crippen LogP contribution in [0.25, 0.3) is 17.2 Å². The number of benzene rings is 3. The van der Waals surface area contributed by atoms with Crippen LogP contribution in [0.3, 0.4) is 0 Å². The van der Waals surface area contributed by atoms with Crippen molar-refractivity contribution in [1.29, 1.82) is 0 Å². The summed E-state index contributed by atoms with van der Waals surface area (Å²) in [4.78, 5) is 13.2. The normalized spacial score (nSPS) is 19.8. The number of hydrogen-bond donors (Lipinski definition) is 0. The number of ether oxygens (including phenoxy) is 2. The van der Waals surface area contributed by atoms with E-state index in [2.05, 4.69) is 30.3 Å². The van der Waals surface area contributed by atoms with Gasteiger partial charge in [-0.25, -0.2) is 0 Å². The van der Waals surface area contributed by atoms with E-state index in [1.807, 2.05) is 48.5 Å². The Labute approximate surface area is 183 Å². The van der Waals surface area contributed by atoms with E-state index < -0.39 is 0 Å². The number of hydrogen-bond acceptors (Lipinski definition) is 3. The van der Waals surface area contributed by atoms with Gasteiger partial charge < -0.3 is 9.47 Å². The van der Waals surface area contributed by atoms with Crippen molar-refractivity contribution in [2.24, 2.45) is 0 Å². The highest BCUT2D eigenvalue weighted by atomic mass is 16.7. The average Bonchev–Trinajstić information content (AvgIpc) is 2.82. The third-order valence-corrected chi connectivity index (χ3v) is 6.06. The molecule has 0 amide bonds. The number of Topliss-reactive ketones (excluding diaryl/α,β-unsaturated/α-hetero) is 1. The van der Waals surface area contributed by atoms with Gasteiger partial charge in [-0.05, 0) is 72.2 Å². The number of allylic oxidation sites excluding steroid dienone is 1. The van der Waals surface area contributed by atoms with Gasteiger partial charge in [-0.15, -0.1) is 0 Å². The van der Waals surface area contributed by atoms with E-state index in [1.54, 1.807) is 0 Å². The standard InChI is InChI=1S/C28H26O3/c29-28-23(18-21-10-4-5-11-25(21)20-8-2-1-3-9-20)14-13-22-19-24(15-16-26(22)28)31-27-12-6-7-17-30-27/h1-5,8-11,15-16,18-19,27H,6-7,12-14,17H2/b23-18+. The number of fused-ring (bicyclic) bond motifs is 1. The molecule has 156 valence electrons. The smallest absolute Gasteiger partial charge is 0.199 e. The molecule has 5 rings (SSSR count). The van der Waals surface area contributed by atoms with Crippen LogP contribution in [0.5, 0.6) is 5.75 Å². The van der Waals surface area contributed by atoms with Gasteiger partial charge in [-0.3, -0.25) is 4.79 Å². The van der Waals surface area contributed by atoms with Gasteiger partial charge in [0, 0.05) is 17.6 Å². The Morgan fingerprint density at radius 2 is 1.71 bits per heavy atom. The highest BCUT2D eigenvalue weighted by Crippen LogP contribution is 2.32. The van der Waals surface area contributed by atoms with Crippen LogP contribution in [0, 0.1) is 0 Å². The highest BCUT2D eigenvalue weighted by molar-refractivity contribution is 6.13. The summed E-state index contributed by atoms with van der Waals surface area (Å²) in [6.07, 6.45) is 6.61. The van der Waals surface area contributed by atoms with E-state index in [4.69, 9.17) is 9.47 Å². The Bertz CT molecular complexity index is 1110. The topological polar surface area (TPSA) is 35.5 Å². The van der Waals surface area contributed by atoms with Crippen molar-refractivity contribution in [3.63, 3.8) is 0 Å². The second kappa shape index (κ2) is 8.91. The minimum absolute atomic E-state index is 0.115. The molecule has 1 aliphatic heterocycles. The van der Waals surface area contributed by atoms with Crippen LogP contribution in [-0.2, 0) is 11.2 Å². The van der Waals surface area contributed by atoms with E-state index >= 15 is 0 Å². The molecule has 2 aliphatic rings. The minimum Gasteiger partial charge on any atom is -0.465 e. The van der Waals surface area contributed by atoms with Crippen LogP contribution < -0.4 is 4.74 Å². The molecule has 3 heteroatoms. The van der Waals surface area contributed by atoms with E-state index in [0.29, 0.717) is 0 Å². The van der Waals surface area contributed by atoms with Crippen molar-refractivity contribution < 1.29 is 14.3 Å². The van der Waals surface area contributed by atoms with Crippen molar-refractivity contribution in [3.05, 3.63) is 95.1 Å². The Hall–Kier alpha value is -3.17. The van der Waals surface area contributed by atoms with E-state index in [0.717, 1.165) is 77.9 Å². The molecule has 1 heterocycles. The summed E-state index contributed by atoms with van der Waals surface area (Å²) in [6.45, 7) is 0.757. The van der Waals surface area contributed by atoms with Crippen LogP contribution in [0.4, 0.5) is 0 Å². The number of ketones is 1. The van der Waals surface area contributed by atoms with Gasteiger partial charge in [0.05, 0.1) is 6.61 Å². The molecule has 0 saturated carbocycles. The molecule has 0 N–H and O–H groups in total. The van der Waals surface area contributed by atoms with Crippen molar-refractivity contribution in [1.82, 2.24) is 0 Å². The Morgan fingerprint density at radius 3 is 2.55 bits per heavy atom. The lowest BCUT2D eigenvalue weighted by molar-refractivity contribution is -0.105. The van der Waals surface area contributed by atoms with Gasteiger partial charge >= 0.3 is 0 Å². The third-order valence-electron chi connectivity index (χ3n) is 6.06. The maximum Gasteiger partial charge on any atom is 0.199 e. The molecule has 3 nitrogen and oxygen atoms in total. The van der Waals surface area contributed by atoms with Crippen LogP contribution >= 0.6 is 0 Å². The fraction of sp³-hybridized carbons (Fsp3) is 0.250. The van der Waals surface area contributed by atoms with Crippen molar-refractivity contribution in [2.45, 2.75) is 38.4 Å². The Kier molecular flexibility index (Phi) is 5.68. The fourth-order valence-electron chi connectivity index (χ4n) is 4.41. The molecule has 1 unspecified atom stereocenters. The molecule has 0 radical (unpaired) electrons. The van der Waals surface area contributed by atoms with Crippen LogP contribution in [0.2, 0.25) is 0 Å². The fourth-order valence-corrected chi connectivity index (χ4v) is 4.41. The molecule has 1 aliphatic carbocycles. The zero-order chi connectivity index (χ0) is 21.0. The summed E-state index contributed by atoms with van der Waals surface area (Å²) >= 11 is 0. The lowest BCUT2D eigenvalue weighted by Gasteiger charge is -2.24. The van der Waals surface area contributed by atoms with Gasteiger partial charge in [-0.1, -0.05) is 54.6 Å². The SMILES string of the molecule is O=C1/C(=C/c2ccccc2-c2ccccc2)CCc2cc(OC3CCCCO3)ccc21. The Balaban J connectivity index is 1.40. The molecule has 1 atom stereocenters. The predicted octanol–water partition coefficient (Wildman–Crippen LogP) is 6.47. The predicted molar refractivity (Wildman–Crippen MR) is 123 cm³/mol. The first kappa shape index (κ1) is 19.8. The van der Waals surface area contributed by atoms with Gasteiger partial charge in [0.25, 0.3) is 0 Å². The number of carbonyl (C=O) groups excluding carboxylic acids is 1. The van der Waals surface area contributed by atoms with Gasteiger partial charge in [0.1, 0.15) is 5.75 Å². The first-order valence-corrected chi connectivity index (χ1v) is 11.1. The van der Waals surface area contributed by atoms with E-state index in [9.17, 15) is 4.79 Å². The van der Waals surface area contributed by atoms with E-state index in [-0.39, 0.29) is 12.1 Å². The maximum absolute atomic E-state index is 13.2. The number of rotatable bonds is 4. The summed E-state index contributed by atoms with van der Waals surface area (Å²) in [6, 6.07) is 24.4. The van der Waals surface area contributed by atoms with Crippen molar-refractivity contribution >= 4 is 11.9 Å². The first-order valence-electron chi connectivity index (χ1n) is 11.1. The monoisotopic (exact) mass is 410 g/mol. The van der Waals surface area contributed by atoms with Crippen LogP contribution in [-0.4, -0.2) is 18.7 Å². The Morgan fingerprint density at radius 1 is 0.871 bits per heavy atom. The van der Waals surface area contributed by atoms with Crippen molar-refractivity contribution in [2.75, 3.05) is 6.61 Å². The molecule has 0 spiro atoms. The van der Waals surface area contributed by atoms with Crippen LogP contribution in [0.15, 0.2) is 78.4 Å². The summed E-state index contributed by atoms with van der Waals surface area (Å²) in [5, 5.41) is 0. The lowest BCUT2D eigenvalue weighted by Crippen LogP contribution is -2.25. The summed E-state index contributed by atoms with van der Waals surface area (Å²) in [5.41, 5.74) is 6.09. The average molecular weight is 411 g/mol. The second-order valence-electron chi connectivity index (χ2n) is 8.18. The van der Waals surface area contributed by atoms with Gasteiger partial charge in [0.15, 0.2) is 12.1 Å². The summed E-state index contributed by atoms with van der Waals surface area (Å²) in [5.74, 6) is 0.907. The summed E-state index contributed by atoms with van der Waals surface area (Å²) < 4.78 is 11.7. The molecule has 1 fully saturated rings. The zero-order valence-corrected chi connectivity index (χ0v) is 17.6. The molecule has 3 aromatic carbocycles. The van der Waals surface area contributed by atoms with Crippen LogP contribution in [0.1, 0.15) is 47.2 Å². The highest BCUT2D eigenvalue weighted by Gasteiger charge is 2.23. The quantitative estimate of drug-likeness (QED) is 0.462. The second-order valence-corrected chi connectivity index (χ2v) is 8.18. The zero-order valence-electron chi connectivity index (χ0n) is 17.6. The molecule has 3 aromatic rings. The number of aryl methyl sites for hydroxylation is 1. The maximum atomic E-state index is 13.2. The lowest BCUT2D eigenvalue weighted by atomic mass is 9.85. The minimum atomic E-state index is -0.170. The molecule has 1 saturated heterocycles. The van der Waals surface area contributed by atoms with Gasteiger partial charge in [0.2, 0.25) is 0 Å². The molecule has 0 bridgehead atoms. The largest absolute Gasteiger partial charge is 0.465 e. The van der Waals surface area contributed by atoms with E-state index in [1.165, 1.54) is 0 Å². The molecule has 0 aromatic heterocycles. The number of carbonyl (C=O) groups is 1. The first-order chi connectivity index (χ1) is 15.3. The third kappa shape index (κ3) is 4.33. The molecular formula is C28H26O3.